The zero-order valence-corrected chi connectivity index (χ0v) is 12.7. The lowest BCUT2D eigenvalue weighted by Crippen LogP contribution is -2.29. The molecule has 1 aliphatic heterocycles. The Morgan fingerprint density at radius 3 is 1.89 bits per heavy atom. The van der Waals surface area contributed by atoms with E-state index in [-0.39, 0.29) is 11.9 Å². The lowest BCUT2D eigenvalue weighted by molar-refractivity contribution is 0.0185. The van der Waals surface area contributed by atoms with Gasteiger partial charge in [0.2, 0.25) is 0 Å². The summed E-state index contributed by atoms with van der Waals surface area (Å²) in [6.45, 7) is 11.2. The van der Waals surface area contributed by atoms with Crippen molar-refractivity contribution < 1.29 is 9.53 Å². The highest BCUT2D eigenvalue weighted by Gasteiger charge is 2.27. The van der Waals surface area contributed by atoms with Crippen LogP contribution in [0.5, 0.6) is 0 Å². The molecule has 0 N–H and O–H groups in total. The van der Waals surface area contributed by atoms with Crippen molar-refractivity contribution in [3.63, 3.8) is 0 Å². The van der Waals surface area contributed by atoms with Crippen LogP contribution in [0.2, 0.25) is 0 Å². The summed E-state index contributed by atoms with van der Waals surface area (Å²) in [5.41, 5.74) is 6.92. The summed E-state index contributed by atoms with van der Waals surface area (Å²) >= 11 is 0. The number of hydrogen-bond acceptors (Lipinski definition) is 2. The highest BCUT2D eigenvalue weighted by Crippen LogP contribution is 2.29. The van der Waals surface area contributed by atoms with Crippen molar-refractivity contribution in [1.29, 1.82) is 0 Å². The van der Waals surface area contributed by atoms with Gasteiger partial charge in [-0.2, -0.15) is 0 Å². The summed E-state index contributed by atoms with van der Waals surface area (Å²) in [5, 5.41) is 0. The fourth-order valence-electron chi connectivity index (χ4n) is 2.98. The lowest BCUT2D eigenvalue weighted by atomic mass is 9.85. The van der Waals surface area contributed by atoms with Crippen LogP contribution in [0.25, 0.3) is 0 Å². The SMILES string of the molecule is Cc1c(C)c(C)c(C(=O)C2CCCCO2)c(C)c1C. The molecule has 0 spiro atoms. The smallest absolute Gasteiger partial charge is 0.192 e. The predicted octanol–water partition coefficient (Wildman–Crippen LogP) is 3.98. The second kappa shape index (κ2) is 5.46. The van der Waals surface area contributed by atoms with Crippen LogP contribution in [0.1, 0.15) is 57.4 Å². The van der Waals surface area contributed by atoms with E-state index in [0.717, 1.165) is 42.6 Å². The van der Waals surface area contributed by atoms with Gasteiger partial charge in [0.15, 0.2) is 5.78 Å². The van der Waals surface area contributed by atoms with Crippen LogP contribution in [0.3, 0.4) is 0 Å². The molecule has 1 aromatic carbocycles. The average Bonchev–Trinajstić information content (AvgIpc) is 2.44. The topological polar surface area (TPSA) is 26.3 Å². The largest absolute Gasteiger partial charge is 0.370 e. The van der Waals surface area contributed by atoms with Crippen molar-refractivity contribution in [2.45, 2.75) is 60.0 Å². The molecule has 19 heavy (non-hydrogen) atoms. The van der Waals surface area contributed by atoms with Crippen LogP contribution in [0.4, 0.5) is 0 Å². The Bertz CT molecular complexity index is 479. The van der Waals surface area contributed by atoms with Crippen molar-refractivity contribution in [3.05, 3.63) is 33.4 Å². The summed E-state index contributed by atoms with van der Waals surface area (Å²) in [5.74, 6) is 0.181. The molecule has 1 unspecified atom stereocenters. The molecule has 104 valence electrons. The minimum absolute atomic E-state index is 0.181. The molecule has 1 saturated heterocycles. The minimum Gasteiger partial charge on any atom is -0.370 e. The summed E-state index contributed by atoms with van der Waals surface area (Å²) in [6.07, 6.45) is 2.81. The van der Waals surface area contributed by atoms with Crippen LogP contribution in [-0.2, 0) is 4.74 Å². The Morgan fingerprint density at radius 2 is 1.42 bits per heavy atom. The van der Waals surface area contributed by atoms with Crippen molar-refractivity contribution in [2.24, 2.45) is 0 Å². The first-order chi connectivity index (χ1) is 8.95. The first-order valence-corrected chi connectivity index (χ1v) is 7.18. The first-order valence-electron chi connectivity index (χ1n) is 7.18. The molecule has 0 aromatic heterocycles. The van der Waals surface area contributed by atoms with E-state index in [9.17, 15) is 4.79 Å². The number of ketones is 1. The molecule has 1 fully saturated rings. The molecule has 0 amide bonds. The predicted molar refractivity (Wildman–Crippen MR) is 78.0 cm³/mol. The van der Waals surface area contributed by atoms with Crippen LogP contribution < -0.4 is 0 Å². The fraction of sp³-hybridized carbons (Fsp3) is 0.588. The number of carbonyl (C=O) groups excluding carboxylic acids is 1. The van der Waals surface area contributed by atoms with Gasteiger partial charge in [0.1, 0.15) is 6.10 Å². The summed E-state index contributed by atoms with van der Waals surface area (Å²) in [6, 6.07) is 0. The first kappa shape index (κ1) is 14.3. The van der Waals surface area contributed by atoms with Crippen LogP contribution in [-0.4, -0.2) is 18.5 Å². The molecule has 0 saturated carbocycles. The van der Waals surface area contributed by atoms with Gasteiger partial charge < -0.3 is 4.74 Å². The average molecular weight is 260 g/mol. The molecule has 0 bridgehead atoms. The maximum absolute atomic E-state index is 12.7. The molecule has 1 atom stereocenters. The quantitative estimate of drug-likeness (QED) is 0.752. The minimum atomic E-state index is -0.229. The van der Waals surface area contributed by atoms with Gasteiger partial charge >= 0.3 is 0 Å². The molecule has 2 nitrogen and oxygen atoms in total. The number of ether oxygens (including phenoxy) is 1. The van der Waals surface area contributed by atoms with Gasteiger partial charge in [0.05, 0.1) is 0 Å². The van der Waals surface area contributed by atoms with Gasteiger partial charge in [0, 0.05) is 12.2 Å². The van der Waals surface area contributed by atoms with Gasteiger partial charge in [-0.25, -0.2) is 0 Å². The zero-order chi connectivity index (χ0) is 14.2. The highest BCUT2D eigenvalue weighted by atomic mass is 16.5. The van der Waals surface area contributed by atoms with E-state index in [1.807, 2.05) is 0 Å². The second-order valence-electron chi connectivity index (χ2n) is 5.72. The van der Waals surface area contributed by atoms with Crippen LogP contribution in [0.15, 0.2) is 0 Å². The van der Waals surface area contributed by atoms with E-state index >= 15 is 0 Å². The Morgan fingerprint density at radius 1 is 0.895 bits per heavy atom. The van der Waals surface area contributed by atoms with E-state index in [4.69, 9.17) is 4.74 Å². The molecule has 2 rings (SSSR count). The monoisotopic (exact) mass is 260 g/mol. The lowest BCUT2D eigenvalue weighted by Gasteiger charge is -2.25. The molecular formula is C17H24O2. The van der Waals surface area contributed by atoms with Crippen LogP contribution in [0, 0.1) is 34.6 Å². The molecule has 0 aliphatic carbocycles. The van der Waals surface area contributed by atoms with Gasteiger partial charge in [-0.1, -0.05) is 0 Å². The van der Waals surface area contributed by atoms with Crippen molar-refractivity contribution >= 4 is 5.78 Å². The van der Waals surface area contributed by atoms with Gasteiger partial charge in [0.25, 0.3) is 0 Å². The molecular weight excluding hydrogens is 236 g/mol. The van der Waals surface area contributed by atoms with E-state index in [0.29, 0.717) is 0 Å². The third kappa shape index (κ3) is 2.46. The van der Waals surface area contributed by atoms with E-state index in [1.165, 1.54) is 16.7 Å². The molecule has 2 heteroatoms. The highest BCUT2D eigenvalue weighted by molar-refractivity contribution is 6.02. The normalized spacial score (nSPS) is 19.5. The van der Waals surface area contributed by atoms with Crippen molar-refractivity contribution in [2.75, 3.05) is 6.61 Å². The Balaban J connectivity index is 2.47. The summed E-state index contributed by atoms with van der Waals surface area (Å²) in [4.78, 5) is 12.7. The number of benzene rings is 1. The second-order valence-corrected chi connectivity index (χ2v) is 5.72. The fourth-order valence-corrected chi connectivity index (χ4v) is 2.98. The van der Waals surface area contributed by atoms with Crippen molar-refractivity contribution in [1.82, 2.24) is 0 Å². The third-order valence-corrected chi connectivity index (χ3v) is 4.72. The summed E-state index contributed by atoms with van der Waals surface area (Å²) in [7, 11) is 0. The number of Topliss-reactive ketones (excluding diaryl/α,β-unsaturated/α-hetero) is 1. The molecule has 1 aromatic rings. The molecule has 1 heterocycles. The Labute approximate surface area is 116 Å². The Kier molecular flexibility index (Phi) is 4.10. The zero-order valence-electron chi connectivity index (χ0n) is 12.7. The summed E-state index contributed by atoms with van der Waals surface area (Å²) < 4.78 is 5.66. The van der Waals surface area contributed by atoms with E-state index < -0.39 is 0 Å². The maximum atomic E-state index is 12.7. The standard InChI is InChI=1S/C17H24O2/c1-10-11(2)13(4)16(14(5)12(10)3)17(18)15-8-6-7-9-19-15/h15H,6-9H2,1-5H3. The van der Waals surface area contributed by atoms with Crippen molar-refractivity contribution in [3.8, 4) is 0 Å². The van der Waals surface area contributed by atoms with E-state index in [1.54, 1.807) is 0 Å². The number of rotatable bonds is 2. The van der Waals surface area contributed by atoms with E-state index in [2.05, 4.69) is 34.6 Å². The van der Waals surface area contributed by atoms with Gasteiger partial charge in [-0.15, -0.1) is 0 Å². The maximum Gasteiger partial charge on any atom is 0.192 e. The molecule has 1 aliphatic rings. The molecule has 0 radical (unpaired) electrons. The Hall–Kier alpha value is -1.15. The van der Waals surface area contributed by atoms with Gasteiger partial charge in [-0.05, 0) is 81.7 Å². The third-order valence-electron chi connectivity index (χ3n) is 4.72. The number of hydrogen-bond donors (Lipinski definition) is 0. The van der Waals surface area contributed by atoms with Crippen LogP contribution >= 0.6 is 0 Å². The number of carbonyl (C=O) groups is 1. The van der Waals surface area contributed by atoms with Gasteiger partial charge in [-0.3, -0.25) is 4.79 Å².